The molecule has 156 valence electrons. The highest BCUT2D eigenvalue weighted by Crippen LogP contribution is 2.27. The van der Waals surface area contributed by atoms with E-state index >= 15 is 0 Å². The molecule has 1 atom stereocenters. The summed E-state index contributed by atoms with van der Waals surface area (Å²) in [6.45, 7) is 1.78. The van der Waals surface area contributed by atoms with Crippen LogP contribution in [0.4, 0.5) is 5.69 Å². The van der Waals surface area contributed by atoms with E-state index in [0.29, 0.717) is 11.3 Å². The van der Waals surface area contributed by atoms with E-state index in [0.717, 1.165) is 25.3 Å². The van der Waals surface area contributed by atoms with Crippen molar-refractivity contribution in [2.45, 2.75) is 19.0 Å². The van der Waals surface area contributed by atoms with Crippen molar-refractivity contribution in [3.8, 4) is 6.07 Å². The number of amides is 2. The molecule has 7 heteroatoms. The monoisotopic (exact) mass is 414 g/mol. The number of carbonyl (C=O) groups excluding carboxylic acids is 2. The minimum atomic E-state index is -0.815. The number of furan rings is 1. The van der Waals surface area contributed by atoms with Crippen LogP contribution in [0.25, 0.3) is 0 Å². The van der Waals surface area contributed by atoms with Crippen LogP contribution >= 0.6 is 0 Å². The maximum absolute atomic E-state index is 12.4. The van der Waals surface area contributed by atoms with Gasteiger partial charge in [-0.15, -0.1) is 0 Å². The first kappa shape index (κ1) is 20.4. The first-order valence-electron chi connectivity index (χ1n) is 10.1. The summed E-state index contributed by atoms with van der Waals surface area (Å²) in [4.78, 5) is 27.0. The van der Waals surface area contributed by atoms with E-state index in [-0.39, 0.29) is 12.6 Å². The lowest BCUT2D eigenvalue weighted by atomic mass is 9.98. The molecule has 3 aromatic rings. The summed E-state index contributed by atoms with van der Waals surface area (Å²) >= 11 is 0. The summed E-state index contributed by atoms with van der Waals surface area (Å²) in [5.41, 5.74) is 3.18. The van der Waals surface area contributed by atoms with Crippen LogP contribution in [0.5, 0.6) is 0 Å². The van der Waals surface area contributed by atoms with Crippen LogP contribution in [0, 0.1) is 11.3 Å². The van der Waals surface area contributed by atoms with E-state index in [9.17, 15) is 9.59 Å². The molecule has 0 spiro atoms. The number of nitrogens with one attached hydrogen (secondary N) is 2. The smallest absolute Gasteiger partial charge is 0.313 e. The Bertz CT molecular complexity index is 1120. The van der Waals surface area contributed by atoms with Gasteiger partial charge in [0.2, 0.25) is 0 Å². The number of fused-ring (bicyclic) bond motifs is 1. The van der Waals surface area contributed by atoms with Gasteiger partial charge in [0.25, 0.3) is 0 Å². The van der Waals surface area contributed by atoms with Gasteiger partial charge in [-0.3, -0.25) is 14.5 Å². The predicted molar refractivity (Wildman–Crippen MR) is 115 cm³/mol. The van der Waals surface area contributed by atoms with Crippen LogP contribution in [-0.4, -0.2) is 29.8 Å². The Kier molecular flexibility index (Phi) is 6.11. The van der Waals surface area contributed by atoms with Gasteiger partial charge in [-0.25, -0.2) is 0 Å². The third-order valence-corrected chi connectivity index (χ3v) is 5.43. The summed E-state index contributed by atoms with van der Waals surface area (Å²) in [6, 6.07) is 20.3. The second-order valence-electron chi connectivity index (χ2n) is 7.34. The van der Waals surface area contributed by atoms with Crippen molar-refractivity contribution in [2.75, 3.05) is 18.4 Å². The highest BCUT2D eigenvalue weighted by molar-refractivity contribution is 6.39. The van der Waals surface area contributed by atoms with E-state index in [2.05, 4.69) is 27.7 Å². The molecule has 0 fully saturated rings. The number of anilines is 1. The fraction of sp³-hybridized carbons (Fsp3) is 0.208. The molecule has 0 radical (unpaired) electrons. The van der Waals surface area contributed by atoms with Gasteiger partial charge in [0.15, 0.2) is 0 Å². The minimum Gasteiger partial charge on any atom is -0.468 e. The predicted octanol–water partition coefficient (Wildman–Crippen LogP) is 3.01. The number of benzene rings is 2. The summed E-state index contributed by atoms with van der Waals surface area (Å²) < 4.78 is 5.63. The van der Waals surface area contributed by atoms with Gasteiger partial charge in [-0.05, 0) is 41.8 Å². The third-order valence-electron chi connectivity index (χ3n) is 5.43. The van der Waals surface area contributed by atoms with Crippen molar-refractivity contribution in [3.63, 3.8) is 0 Å². The average Bonchev–Trinajstić information content (AvgIpc) is 3.34. The molecule has 4 rings (SSSR count). The van der Waals surface area contributed by atoms with Crippen molar-refractivity contribution < 1.29 is 14.0 Å². The van der Waals surface area contributed by atoms with Gasteiger partial charge in [0, 0.05) is 19.6 Å². The number of rotatable bonds is 5. The molecule has 1 aliphatic rings. The molecule has 7 nitrogen and oxygen atoms in total. The van der Waals surface area contributed by atoms with Crippen LogP contribution in [0.3, 0.4) is 0 Å². The Labute approximate surface area is 180 Å². The Hall–Kier alpha value is -3.89. The molecule has 1 aromatic heterocycles. The van der Waals surface area contributed by atoms with Gasteiger partial charge in [-0.2, -0.15) is 5.26 Å². The first-order valence-corrected chi connectivity index (χ1v) is 10.1. The standard InChI is InChI=1S/C24H22N4O3/c25-14-18-7-3-4-9-20(18)27-24(30)23(29)26-15-21(22-10-5-13-31-22)28-12-11-17-6-1-2-8-19(17)16-28/h1-10,13,21H,11-12,15-16H2,(H,26,29)(H,27,30). The molecule has 2 N–H and O–H groups in total. The largest absolute Gasteiger partial charge is 0.468 e. The number of para-hydroxylation sites is 1. The average molecular weight is 414 g/mol. The summed E-state index contributed by atoms with van der Waals surface area (Å²) in [5.74, 6) is -0.846. The molecule has 2 aromatic carbocycles. The molecular formula is C24H22N4O3. The van der Waals surface area contributed by atoms with E-state index in [1.807, 2.05) is 30.3 Å². The Morgan fingerprint density at radius 3 is 2.58 bits per heavy atom. The van der Waals surface area contributed by atoms with E-state index in [1.165, 1.54) is 11.1 Å². The third kappa shape index (κ3) is 4.65. The number of carbonyl (C=O) groups is 2. The molecule has 1 unspecified atom stereocenters. The topological polar surface area (TPSA) is 98.4 Å². The maximum atomic E-state index is 12.4. The molecule has 1 aliphatic heterocycles. The maximum Gasteiger partial charge on any atom is 0.313 e. The van der Waals surface area contributed by atoms with Gasteiger partial charge in [-0.1, -0.05) is 36.4 Å². The Morgan fingerprint density at radius 2 is 1.81 bits per heavy atom. The van der Waals surface area contributed by atoms with Gasteiger partial charge in [0.05, 0.1) is 23.6 Å². The molecule has 0 saturated heterocycles. The van der Waals surface area contributed by atoms with E-state index in [1.54, 1.807) is 30.5 Å². The number of nitriles is 1. The van der Waals surface area contributed by atoms with Crippen molar-refractivity contribution in [1.29, 1.82) is 5.26 Å². The zero-order chi connectivity index (χ0) is 21.6. The van der Waals surface area contributed by atoms with Crippen LogP contribution in [0.15, 0.2) is 71.3 Å². The van der Waals surface area contributed by atoms with Gasteiger partial charge < -0.3 is 15.1 Å². The second-order valence-corrected chi connectivity index (χ2v) is 7.34. The first-order chi connectivity index (χ1) is 15.2. The lowest BCUT2D eigenvalue weighted by Gasteiger charge is -2.34. The molecule has 31 heavy (non-hydrogen) atoms. The fourth-order valence-electron chi connectivity index (χ4n) is 3.81. The summed E-state index contributed by atoms with van der Waals surface area (Å²) in [5, 5.41) is 14.4. The summed E-state index contributed by atoms with van der Waals surface area (Å²) in [6.07, 6.45) is 2.51. The Balaban J connectivity index is 1.43. The van der Waals surface area contributed by atoms with E-state index < -0.39 is 11.8 Å². The zero-order valence-electron chi connectivity index (χ0n) is 16.9. The van der Waals surface area contributed by atoms with Crippen molar-refractivity contribution >= 4 is 17.5 Å². The normalized spacial score (nSPS) is 14.2. The SMILES string of the molecule is N#Cc1ccccc1NC(=O)C(=O)NCC(c1ccco1)N1CCc2ccccc2C1. The zero-order valence-corrected chi connectivity index (χ0v) is 16.9. The van der Waals surface area contributed by atoms with Crippen LogP contribution in [0.1, 0.15) is 28.5 Å². The molecule has 0 saturated carbocycles. The molecule has 0 aliphatic carbocycles. The number of hydrogen-bond acceptors (Lipinski definition) is 5. The minimum absolute atomic E-state index is 0.202. The van der Waals surface area contributed by atoms with Crippen LogP contribution in [-0.2, 0) is 22.6 Å². The quantitative estimate of drug-likeness (QED) is 0.626. The second kappa shape index (κ2) is 9.28. The van der Waals surface area contributed by atoms with Crippen molar-refractivity contribution in [3.05, 3.63) is 89.4 Å². The van der Waals surface area contributed by atoms with Crippen LogP contribution < -0.4 is 10.6 Å². The van der Waals surface area contributed by atoms with Gasteiger partial charge >= 0.3 is 11.8 Å². The fourth-order valence-corrected chi connectivity index (χ4v) is 3.81. The molecule has 2 amide bonds. The highest BCUT2D eigenvalue weighted by atomic mass is 16.3. The molecule has 0 bridgehead atoms. The van der Waals surface area contributed by atoms with E-state index in [4.69, 9.17) is 9.68 Å². The lowest BCUT2D eigenvalue weighted by Crippen LogP contribution is -2.43. The van der Waals surface area contributed by atoms with Crippen molar-refractivity contribution in [1.82, 2.24) is 10.2 Å². The number of nitrogens with zero attached hydrogens (tertiary/aromatic N) is 2. The van der Waals surface area contributed by atoms with Gasteiger partial charge in [0.1, 0.15) is 11.8 Å². The van der Waals surface area contributed by atoms with Crippen molar-refractivity contribution in [2.24, 2.45) is 0 Å². The molecular weight excluding hydrogens is 392 g/mol. The number of hydrogen-bond donors (Lipinski definition) is 2. The lowest BCUT2D eigenvalue weighted by molar-refractivity contribution is -0.136. The summed E-state index contributed by atoms with van der Waals surface area (Å²) in [7, 11) is 0. The highest BCUT2D eigenvalue weighted by Gasteiger charge is 2.28. The van der Waals surface area contributed by atoms with Crippen LogP contribution in [0.2, 0.25) is 0 Å². The Morgan fingerprint density at radius 1 is 1.03 bits per heavy atom. The molecule has 2 heterocycles.